The van der Waals surface area contributed by atoms with Gasteiger partial charge in [-0.15, -0.1) is 0 Å². The molecule has 3 aromatic rings. The fraction of sp³-hybridized carbons (Fsp3) is 0.200. The van der Waals surface area contributed by atoms with Gasteiger partial charge in [-0.25, -0.2) is 9.97 Å². The first-order valence-electron chi connectivity index (χ1n) is 6.36. The molecule has 4 nitrogen and oxygen atoms in total. The van der Waals surface area contributed by atoms with E-state index in [1.807, 2.05) is 20.9 Å². The van der Waals surface area contributed by atoms with E-state index in [9.17, 15) is 4.39 Å². The largest absolute Gasteiger partial charge is 0.327 e. The Morgan fingerprint density at radius 2 is 1.85 bits per heavy atom. The summed E-state index contributed by atoms with van der Waals surface area (Å²) in [4.78, 5) is 8.07. The average Bonchev–Trinajstić information content (AvgIpc) is 3.06. The van der Waals surface area contributed by atoms with Crippen LogP contribution in [-0.4, -0.2) is 18.9 Å². The number of nitrogens with zero attached hydrogens (tertiary/aromatic N) is 4. The predicted molar refractivity (Wildman–Crippen MR) is 75.7 cm³/mol. The first-order chi connectivity index (χ1) is 9.75. The third kappa shape index (κ3) is 2.54. The molecule has 0 unspecified atom stereocenters. The Morgan fingerprint density at radius 1 is 1.10 bits per heavy atom. The Kier molecular flexibility index (Phi) is 4.16. The summed E-state index contributed by atoms with van der Waals surface area (Å²) >= 11 is 0. The van der Waals surface area contributed by atoms with Gasteiger partial charge in [0.15, 0.2) is 5.95 Å². The van der Waals surface area contributed by atoms with E-state index in [2.05, 4.69) is 21.8 Å². The number of imidazole rings is 2. The smallest absolute Gasteiger partial charge is 0.200 e. The van der Waals surface area contributed by atoms with Crippen LogP contribution in [0.5, 0.6) is 0 Å². The normalized spacial score (nSPS) is 9.60. The second-order valence-corrected chi connectivity index (χ2v) is 3.83. The van der Waals surface area contributed by atoms with Crippen LogP contribution in [0.4, 0.5) is 4.39 Å². The van der Waals surface area contributed by atoms with Crippen LogP contribution in [0.2, 0.25) is 0 Å². The first kappa shape index (κ1) is 13.8. The van der Waals surface area contributed by atoms with Crippen molar-refractivity contribution in [2.75, 3.05) is 0 Å². The lowest BCUT2D eigenvalue weighted by Gasteiger charge is -1.96. The van der Waals surface area contributed by atoms with E-state index >= 15 is 0 Å². The number of rotatable bonds is 0. The Balaban J connectivity index is 0.000000704. The third-order valence-corrected chi connectivity index (χ3v) is 2.62. The lowest BCUT2D eigenvalue weighted by Crippen LogP contribution is -1.94. The van der Waals surface area contributed by atoms with Crippen LogP contribution in [0.1, 0.15) is 25.2 Å². The highest BCUT2D eigenvalue weighted by Crippen LogP contribution is 2.08. The van der Waals surface area contributed by atoms with Crippen molar-refractivity contribution in [2.24, 2.45) is 7.05 Å². The van der Waals surface area contributed by atoms with E-state index in [4.69, 9.17) is 0 Å². The minimum atomic E-state index is -0.376. The number of halogens is 1. The summed E-state index contributed by atoms with van der Waals surface area (Å²) < 4.78 is 16.8. The number of hydrogen-bond donors (Lipinski definition) is 0. The van der Waals surface area contributed by atoms with Gasteiger partial charge in [0.05, 0.1) is 18.7 Å². The molecular formula is C15H15FN4. The van der Waals surface area contributed by atoms with Gasteiger partial charge in [-0.3, -0.25) is 4.40 Å². The molecule has 20 heavy (non-hydrogen) atoms. The van der Waals surface area contributed by atoms with Gasteiger partial charge in [0.2, 0.25) is 0 Å². The predicted octanol–water partition coefficient (Wildman–Crippen LogP) is 2.63. The molecule has 0 aromatic carbocycles. The lowest BCUT2D eigenvalue weighted by molar-refractivity contribution is 0.566. The van der Waals surface area contributed by atoms with Crippen LogP contribution < -0.4 is 0 Å². The van der Waals surface area contributed by atoms with Crippen molar-refractivity contribution in [3.63, 3.8) is 0 Å². The van der Waals surface area contributed by atoms with E-state index in [0.717, 1.165) is 5.69 Å². The van der Waals surface area contributed by atoms with E-state index < -0.39 is 0 Å². The Morgan fingerprint density at radius 3 is 2.55 bits per heavy atom. The maximum atomic E-state index is 13.7. The Hall–Kier alpha value is -2.61. The molecule has 3 rings (SSSR count). The molecule has 0 radical (unpaired) electrons. The average molecular weight is 270 g/mol. The highest BCUT2D eigenvalue weighted by Gasteiger charge is 2.04. The fourth-order valence-electron chi connectivity index (χ4n) is 1.69. The van der Waals surface area contributed by atoms with Crippen molar-refractivity contribution in [1.82, 2.24) is 18.9 Å². The molecule has 0 bridgehead atoms. The maximum absolute atomic E-state index is 13.7. The van der Waals surface area contributed by atoms with Gasteiger partial charge < -0.3 is 4.57 Å². The van der Waals surface area contributed by atoms with E-state index in [1.165, 1.54) is 10.5 Å². The van der Waals surface area contributed by atoms with Gasteiger partial charge in [-0.1, -0.05) is 19.9 Å². The van der Waals surface area contributed by atoms with Crippen LogP contribution in [0, 0.1) is 17.8 Å². The van der Waals surface area contributed by atoms with Gasteiger partial charge in [0, 0.05) is 7.05 Å². The highest BCUT2D eigenvalue weighted by atomic mass is 19.1. The van der Waals surface area contributed by atoms with E-state index in [0.29, 0.717) is 11.3 Å². The highest BCUT2D eigenvalue weighted by molar-refractivity contribution is 5.46. The molecule has 102 valence electrons. The minimum Gasteiger partial charge on any atom is -0.327 e. The van der Waals surface area contributed by atoms with Gasteiger partial charge in [0.25, 0.3) is 0 Å². The van der Waals surface area contributed by atoms with Crippen LogP contribution >= 0.6 is 0 Å². The third-order valence-electron chi connectivity index (χ3n) is 2.62. The molecule has 0 aliphatic carbocycles. The molecule has 0 N–H and O–H groups in total. The molecule has 0 fully saturated rings. The van der Waals surface area contributed by atoms with Crippen molar-refractivity contribution >= 4 is 5.65 Å². The summed E-state index contributed by atoms with van der Waals surface area (Å²) in [7, 11) is 1.85. The second-order valence-electron chi connectivity index (χ2n) is 3.83. The topological polar surface area (TPSA) is 35.1 Å². The zero-order valence-electron chi connectivity index (χ0n) is 11.6. The van der Waals surface area contributed by atoms with Crippen molar-refractivity contribution in [2.45, 2.75) is 13.8 Å². The Bertz CT molecular complexity index is 774. The van der Waals surface area contributed by atoms with Crippen LogP contribution in [-0.2, 0) is 7.05 Å². The van der Waals surface area contributed by atoms with Gasteiger partial charge >= 0.3 is 0 Å². The van der Waals surface area contributed by atoms with Crippen LogP contribution in [0.25, 0.3) is 5.65 Å². The van der Waals surface area contributed by atoms with E-state index in [-0.39, 0.29) is 5.95 Å². The van der Waals surface area contributed by atoms with Crippen molar-refractivity contribution in [1.29, 1.82) is 0 Å². The molecular weight excluding hydrogens is 255 g/mol. The van der Waals surface area contributed by atoms with Crippen molar-refractivity contribution in [3.8, 4) is 11.8 Å². The molecule has 3 aromatic heterocycles. The van der Waals surface area contributed by atoms with Gasteiger partial charge in [-0.05, 0) is 24.0 Å². The molecule has 0 amide bonds. The molecule has 0 atom stereocenters. The standard InChI is InChI=1S/C13H9FN4.C2H6/c1-17-9-15-7-10(17)5-6-11-8-16-13-4-2-3-12(14)18(11)13;1-2/h2-4,7-9H,1H3;1-2H3. The molecule has 0 saturated carbocycles. The summed E-state index contributed by atoms with van der Waals surface area (Å²) in [5, 5.41) is 0. The lowest BCUT2D eigenvalue weighted by atomic mass is 10.4. The number of hydrogen-bond acceptors (Lipinski definition) is 2. The summed E-state index contributed by atoms with van der Waals surface area (Å²) in [5.74, 6) is 5.46. The summed E-state index contributed by atoms with van der Waals surface area (Å²) in [6.07, 6.45) is 4.88. The zero-order chi connectivity index (χ0) is 14.5. The number of aromatic nitrogens is 4. The second kappa shape index (κ2) is 6.02. The number of pyridine rings is 1. The maximum Gasteiger partial charge on any atom is 0.200 e. The minimum absolute atomic E-state index is 0.376. The van der Waals surface area contributed by atoms with Crippen molar-refractivity contribution < 1.29 is 4.39 Å². The quantitative estimate of drug-likeness (QED) is 0.465. The molecule has 0 spiro atoms. The summed E-state index contributed by atoms with van der Waals surface area (Å²) in [6, 6.07) is 4.73. The summed E-state index contributed by atoms with van der Waals surface area (Å²) in [5.41, 5.74) is 1.83. The van der Waals surface area contributed by atoms with Crippen LogP contribution in [0.15, 0.2) is 36.9 Å². The van der Waals surface area contributed by atoms with Crippen molar-refractivity contribution in [3.05, 3.63) is 54.3 Å². The monoisotopic (exact) mass is 270 g/mol. The number of aryl methyl sites for hydroxylation is 1. The molecule has 0 saturated heterocycles. The molecule has 5 heteroatoms. The molecule has 0 aliphatic rings. The van der Waals surface area contributed by atoms with E-state index in [1.54, 1.807) is 35.4 Å². The van der Waals surface area contributed by atoms with Gasteiger partial charge in [0.1, 0.15) is 17.0 Å². The van der Waals surface area contributed by atoms with Crippen LogP contribution in [0.3, 0.4) is 0 Å². The van der Waals surface area contributed by atoms with Gasteiger partial charge in [-0.2, -0.15) is 4.39 Å². The zero-order valence-corrected chi connectivity index (χ0v) is 11.6. The SMILES string of the molecule is CC.Cn1cncc1C#Cc1cnc2cccc(F)n12. The first-order valence-corrected chi connectivity index (χ1v) is 6.36. The molecule has 3 heterocycles. The fourth-order valence-corrected chi connectivity index (χ4v) is 1.69. The molecule has 0 aliphatic heterocycles. The number of fused-ring (bicyclic) bond motifs is 1. The summed E-state index contributed by atoms with van der Waals surface area (Å²) in [6.45, 7) is 4.00. The Labute approximate surface area is 116 Å².